The predicted octanol–water partition coefficient (Wildman–Crippen LogP) is 0.466. The second-order valence-electron chi connectivity index (χ2n) is 9.17. The molecule has 0 aliphatic heterocycles. The van der Waals surface area contributed by atoms with Crippen LogP contribution in [0.1, 0.15) is 67.2 Å². The molecule has 190 valence electrons. The number of hydrogen-bond donors (Lipinski definition) is 6. The molecule has 0 heterocycles. The van der Waals surface area contributed by atoms with Crippen molar-refractivity contribution >= 4 is 29.7 Å². The molecule has 5 atom stereocenters. The molecular weight excluding hydrogens is 432 g/mol. The molecule has 0 aliphatic carbocycles. The third kappa shape index (κ3) is 11.1. The Morgan fingerprint density at radius 2 is 1.33 bits per heavy atom. The van der Waals surface area contributed by atoms with Gasteiger partial charge in [0, 0.05) is 6.42 Å². The van der Waals surface area contributed by atoms with E-state index in [-0.39, 0.29) is 37.0 Å². The maximum Gasteiger partial charge on any atom is 0.326 e. The largest absolute Gasteiger partial charge is 0.481 e. The maximum absolute atomic E-state index is 13.0. The summed E-state index contributed by atoms with van der Waals surface area (Å²) in [6, 6.07) is -4.21. The average Bonchev–Trinajstić information content (AvgIpc) is 2.71. The first kappa shape index (κ1) is 30.3. The van der Waals surface area contributed by atoms with Crippen molar-refractivity contribution in [3.8, 4) is 0 Å². The van der Waals surface area contributed by atoms with Crippen LogP contribution >= 0.6 is 0 Å². The van der Waals surface area contributed by atoms with Gasteiger partial charge in [-0.1, -0.05) is 48.0 Å². The van der Waals surface area contributed by atoms with E-state index in [1.165, 1.54) is 0 Å². The van der Waals surface area contributed by atoms with Gasteiger partial charge in [0.1, 0.15) is 18.1 Å². The van der Waals surface area contributed by atoms with Crippen molar-refractivity contribution in [2.75, 3.05) is 0 Å². The molecule has 0 aliphatic rings. The van der Waals surface area contributed by atoms with Crippen molar-refractivity contribution in [3.63, 3.8) is 0 Å². The molecule has 0 spiro atoms. The fourth-order valence-electron chi connectivity index (χ4n) is 3.10. The molecule has 0 fully saturated rings. The van der Waals surface area contributed by atoms with Crippen LogP contribution in [0.2, 0.25) is 0 Å². The zero-order valence-corrected chi connectivity index (χ0v) is 20.4. The molecule has 5 unspecified atom stereocenters. The number of hydrogen-bond acceptors (Lipinski definition) is 6. The van der Waals surface area contributed by atoms with Gasteiger partial charge >= 0.3 is 11.9 Å². The van der Waals surface area contributed by atoms with Crippen LogP contribution in [0.4, 0.5) is 0 Å². The van der Waals surface area contributed by atoms with Crippen molar-refractivity contribution in [1.82, 2.24) is 16.0 Å². The SMILES string of the molecule is CCC(C)C(NC(=O)C(NC(=O)C(N)CCC(=O)O)C(C)C)C(=O)NC(CC(C)C)C(=O)O. The molecule has 7 N–H and O–H groups in total. The van der Waals surface area contributed by atoms with Gasteiger partial charge < -0.3 is 31.9 Å². The minimum Gasteiger partial charge on any atom is -0.481 e. The highest BCUT2D eigenvalue weighted by Gasteiger charge is 2.33. The molecule has 0 radical (unpaired) electrons. The Balaban J connectivity index is 5.45. The highest BCUT2D eigenvalue weighted by Crippen LogP contribution is 2.12. The number of aliphatic carboxylic acids is 2. The normalized spacial score (nSPS) is 15.8. The van der Waals surface area contributed by atoms with Gasteiger partial charge in [-0.25, -0.2) is 4.79 Å². The van der Waals surface area contributed by atoms with Crippen molar-refractivity contribution in [2.45, 2.75) is 91.4 Å². The number of nitrogens with one attached hydrogen (secondary N) is 3. The molecule has 0 aromatic rings. The molecule has 0 saturated carbocycles. The summed E-state index contributed by atoms with van der Waals surface area (Å²) < 4.78 is 0. The Morgan fingerprint density at radius 3 is 1.76 bits per heavy atom. The molecule has 0 aromatic heterocycles. The smallest absolute Gasteiger partial charge is 0.326 e. The number of rotatable bonds is 15. The third-order valence-electron chi connectivity index (χ3n) is 5.37. The number of carbonyl (C=O) groups excluding carboxylic acids is 3. The topological polar surface area (TPSA) is 188 Å². The van der Waals surface area contributed by atoms with E-state index in [9.17, 15) is 29.1 Å². The second-order valence-corrected chi connectivity index (χ2v) is 9.17. The Hall–Kier alpha value is -2.69. The summed E-state index contributed by atoms with van der Waals surface area (Å²) >= 11 is 0. The summed E-state index contributed by atoms with van der Waals surface area (Å²) in [5.74, 6) is -4.76. The van der Waals surface area contributed by atoms with Gasteiger partial charge in [-0.05, 0) is 30.6 Å². The van der Waals surface area contributed by atoms with E-state index in [1.54, 1.807) is 20.8 Å². The van der Waals surface area contributed by atoms with Crippen LogP contribution in [0.3, 0.4) is 0 Å². The van der Waals surface area contributed by atoms with Crippen LogP contribution in [-0.2, 0) is 24.0 Å². The number of nitrogens with two attached hydrogens (primary N) is 1. The Labute approximate surface area is 195 Å². The van der Waals surface area contributed by atoms with Crippen LogP contribution in [0.15, 0.2) is 0 Å². The lowest BCUT2D eigenvalue weighted by atomic mass is 9.95. The zero-order chi connectivity index (χ0) is 25.9. The van der Waals surface area contributed by atoms with Crippen LogP contribution in [0.5, 0.6) is 0 Å². The fourth-order valence-corrected chi connectivity index (χ4v) is 3.10. The van der Waals surface area contributed by atoms with E-state index in [0.29, 0.717) is 6.42 Å². The van der Waals surface area contributed by atoms with E-state index < -0.39 is 53.8 Å². The summed E-state index contributed by atoms with van der Waals surface area (Å²) in [6.07, 6.45) is 0.405. The van der Waals surface area contributed by atoms with Crippen LogP contribution in [0, 0.1) is 17.8 Å². The lowest BCUT2D eigenvalue weighted by Crippen LogP contribution is -2.59. The van der Waals surface area contributed by atoms with E-state index >= 15 is 0 Å². The number of carboxylic acid groups (broad SMARTS) is 2. The van der Waals surface area contributed by atoms with Crippen LogP contribution in [-0.4, -0.2) is 64.0 Å². The lowest BCUT2D eigenvalue weighted by Gasteiger charge is -2.29. The summed E-state index contributed by atoms with van der Waals surface area (Å²) in [7, 11) is 0. The Bertz CT molecular complexity index is 696. The maximum atomic E-state index is 13.0. The number of carboxylic acids is 2. The highest BCUT2D eigenvalue weighted by atomic mass is 16.4. The summed E-state index contributed by atoms with van der Waals surface area (Å²) in [6.45, 7) is 10.7. The van der Waals surface area contributed by atoms with Gasteiger partial charge in [-0.2, -0.15) is 0 Å². The number of amides is 3. The molecule has 11 nitrogen and oxygen atoms in total. The van der Waals surface area contributed by atoms with Gasteiger partial charge in [-0.15, -0.1) is 0 Å². The molecule has 0 bridgehead atoms. The molecule has 33 heavy (non-hydrogen) atoms. The molecular formula is C22H40N4O7. The first-order valence-corrected chi connectivity index (χ1v) is 11.3. The molecule has 3 amide bonds. The van der Waals surface area contributed by atoms with Gasteiger partial charge in [0.2, 0.25) is 17.7 Å². The van der Waals surface area contributed by atoms with Crippen molar-refractivity contribution < 1.29 is 34.2 Å². The standard InChI is InChI=1S/C22H40N4O7/c1-7-13(6)18(21(31)24-15(22(32)33)10-11(2)3)26-20(30)17(12(4)5)25-19(29)14(23)8-9-16(27)28/h11-15,17-18H,7-10,23H2,1-6H3,(H,24,31)(H,25,29)(H,26,30)(H,27,28)(H,32,33). The monoisotopic (exact) mass is 472 g/mol. The van der Waals surface area contributed by atoms with Crippen molar-refractivity contribution in [1.29, 1.82) is 0 Å². The minimum atomic E-state index is -1.16. The van der Waals surface area contributed by atoms with E-state index in [1.807, 2.05) is 20.8 Å². The first-order valence-electron chi connectivity index (χ1n) is 11.3. The van der Waals surface area contributed by atoms with E-state index in [0.717, 1.165) is 0 Å². The summed E-state index contributed by atoms with van der Waals surface area (Å²) in [5, 5.41) is 25.9. The molecule has 0 aromatic carbocycles. The van der Waals surface area contributed by atoms with Gasteiger partial charge in [0.15, 0.2) is 0 Å². The van der Waals surface area contributed by atoms with Crippen LogP contribution in [0.25, 0.3) is 0 Å². The van der Waals surface area contributed by atoms with E-state index in [2.05, 4.69) is 16.0 Å². The third-order valence-corrected chi connectivity index (χ3v) is 5.37. The molecule has 0 saturated heterocycles. The first-order chi connectivity index (χ1) is 15.2. The van der Waals surface area contributed by atoms with Gasteiger partial charge in [0.05, 0.1) is 6.04 Å². The molecule has 11 heteroatoms. The minimum absolute atomic E-state index is 0.0360. The van der Waals surface area contributed by atoms with E-state index in [4.69, 9.17) is 10.8 Å². The summed E-state index contributed by atoms with van der Waals surface area (Å²) in [5.41, 5.74) is 5.73. The Kier molecular flexibility index (Phi) is 13.3. The summed E-state index contributed by atoms with van der Waals surface area (Å²) in [4.78, 5) is 60.5. The van der Waals surface area contributed by atoms with Gasteiger partial charge in [0.25, 0.3) is 0 Å². The zero-order valence-electron chi connectivity index (χ0n) is 20.4. The number of carbonyl (C=O) groups is 5. The second kappa shape index (κ2) is 14.5. The van der Waals surface area contributed by atoms with Crippen molar-refractivity contribution in [2.24, 2.45) is 23.5 Å². The Morgan fingerprint density at radius 1 is 0.818 bits per heavy atom. The predicted molar refractivity (Wildman–Crippen MR) is 122 cm³/mol. The molecule has 0 rings (SSSR count). The quantitative estimate of drug-likeness (QED) is 0.198. The lowest BCUT2D eigenvalue weighted by molar-refractivity contribution is -0.143. The highest BCUT2D eigenvalue weighted by molar-refractivity contribution is 5.94. The van der Waals surface area contributed by atoms with Crippen LogP contribution < -0.4 is 21.7 Å². The average molecular weight is 473 g/mol. The van der Waals surface area contributed by atoms with Gasteiger partial charge in [-0.3, -0.25) is 19.2 Å². The van der Waals surface area contributed by atoms with Crippen molar-refractivity contribution in [3.05, 3.63) is 0 Å². The fraction of sp³-hybridized carbons (Fsp3) is 0.773.